The molecule has 0 aliphatic heterocycles. The van der Waals surface area contributed by atoms with Crippen molar-refractivity contribution in [3.63, 3.8) is 0 Å². The Morgan fingerprint density at radius 1 is 1.18 bits per heavy atom. The Morgan fingerprint density at radius 2 is 1.76 bits per heavy atom. The molecule has 0 fully saturated rings. The molecule has 1 aromatic rings. The van der Waals surface area contributed by atoms with E-state index in [9.17, 15) is 0 Å². The van der Waals surface area contributed by atoms with Crippen LogP contribution >= 0.6 is 0 Å². The van der Waals surface area contributed by atoms with Crippen LogP contribution in [0.15, 0.2) is 59.6 Å². The van der Waals surface area contributed by atoms with E-state index < -0.39 is 13.3 Å². The second kappa shape index (κ2) is 6.06. The number of allylic oxidation sites excluding steroid dienone is 5. The van der Waals surface area contributed by atoms with Gasteiger partial charge in [0.15, 0.2) is 0 Å². The molecule has 0 saturated heterocycles. The van der Waals surface area contributed by atoms with Gasteiger partial charge < -0.3 is 0 Å². The maximum atomic E-state index is 3.74. The van der Waals surface area contributed by atoms with Gasteiger partial charge in [-0.05, 0) is 0 Å². The Kier molecular flexibility index (Phi) is 5.01. The molecule has 0 unspecified atom stereocenters. The van der Waals surface area contributed by atoms with Crippen LogP contribution in [0.3, 0.4) is 0 Å². The van der Waals surface area contributed by atoms with Crippen LogP contribution in [-0.2, 0) is 0 Å². The number of benzene rings is 1. The molecular weight excluding hydrogens is 265 g/mol. The van der Waals surface area contributed by atoms with Crippen molar-refractivity contribution in [3.8, 4) is 0 Å². The Bertz CT molecular complexity index is 433. The van der Waals surface area contributed by atoms with E-state index in [4.69, 9.17) is 0 Å². The molecule has 0 bridgehead atoms. The number of aryl methyl sites for hydroxylation is 1. The van der Waals surface area contributed by atoms with Gasteiger partial charge in [0.2, 0.25) is 0 Å². The molecule has 0 saturated carbocycles. The van der Waals surface area contributed by atoms with Crippen LogP contribution < -0.4 is 4.40 Å². The average Bonchev–Trinajstić information content (AvgIpc) is 2.30. The van der Waals surface area contributed by atoms with Crippen LogP contribution in [0.2, 0.25) is 11.5 Å². The fourth-order valence-corrected chi connectivity index (χ4v) is 7.36. The van der Waals surface area contributed by atoms with E-state index in [0.29, 0.717) is 0 Å². The summed E-state index contributed by atoms with van der Waals surface area (Å²) >= 11 is -2.09. The Hall–Kier alpha value is -1.02. The summed E-state index contributed by atoms with van der Waals surface area (Å²) < 4.78 is 3.02. The van der Waals surface area contributed by atoms with E-state index in [1.165, 1.54) is 14.4 Å². The summed E-state index contributed by atoms with van der Waals surface area (Å²) in [4.78, 5) is 0. The molecule has 0 aromatic heterocycles. The summed E-state index contributed by atoms with van der Waals surface area (Å²) in [6.07, 6.45) is 8.35. The first kappa shape index (κ1) is 14.0. The van der Waals surface area contributed by atoms with Crippen LogP contribution in [0.1, 0.15) is 12.5 Å². The maximum absolute atomic E-state index is 3.74. The van der Waals surface area contributed by atoms with E-state index in [1.54, 1.807) is 0 Å². The van der Waals surface area contributed by atoms with Gasteiger partial charge in [0.05, 0.1) is 0 Å². The van der Waals surface area contributed by atoms with Crippen LogP contribution in [0, 0.1) is 6.92 Å². The summed E-state index contributed by atoms with van der Waals surface area (Å²) in [5, 5.41) is 0. The quantitative estimate of drug-likeness (QED) is 0.576. The van der Waals surface area contributed by atoms with Crippen LogP contribution in [0.4, 0.5) is 0 Å². The number of hydrogen-bond donors (Lipinski definition) is 0. The van der Waals surface area contributed by atoms with Gasteiger partial charge in [-0.3, -0.25) is 0 Å². The van der Waals surface area contributed by atoms with Gasteiger partial charge in [-0.25, -0.2) is 0 Å². The van der Waals surface area contributed by atoms with Crippen LogP contribution in [0.5, 0.6) is 0 Å². The molecule has 1 heteroatoms. The van der Waals surface area contributed by atoms with E-state index in [0.717, 1.165) is 0 Å². The Labute approximate surface area is 108 Å². The van der Waals surface area contributed by atoms with Gasteiger partial charge in [-0.15, -0.1) is 0 Å². The first-order valence-corrected chi connectivity index (χ1v) is 12.3. The minimum atomic E-state index is -2.09. The predicted octanol–water partition coefficient (Wildman–Crippen LogP) is 4.14. The summed E-state index contributed by atoms with van der Waals surface area (Å²) in [5.74, 6) is 4.88. The molecule has 90 valence electrons. The zero-order valence-electron chi connectivity index (χ0n) is 11.3. The summed E-state index contributed by atoms with van der Waals surface area (Å²) in [5.41, 5.74) is 1.33. The van der Waals surface area contributed by atoms with Gasteiger partial charge in [-0.2, -0.15) is 0 Å². The Morgan fingerprint density at radius 3 is 2.24 bits per heavy atom. The van der Waals surface area contributed by atoms with Crippen molar-refractivity contribution in [2.75, 3.05) is 0 Å². The third-order valence-electron chi connectivity index (χ3n) is 3.22. The zero-order valence-corrected chi connectivity index (χ0v) is 13.4. The minimum absolute atomic E-state index is 1.33. The molecule has 17 heavy (non-hydrogen) atoms. The molecule has 0 radical (unpaired) electrons. The fourth-order valence-electron chi connectivity index (χ4n) is 1.97. The monoisotopic (exact) mass is 288 g/mol. The average molecular weight is 287 g/mol. The molecule has 0 heterocycles. The fraction of sp³-hybridized carbons (Fsp3) is 0.250. The second-order valence-electron chi connectivity index (χ2n) is 4.83. The van der Waals surface area contributed by atoms with E-state index in [1.807, 2.05) is 12.2 Å². The molecule has 0 atom stereocenters. The van der Waals surface area contributed by atoms with Crippen molar-refractivity contribution in [2.24, 2.45) is 0 Å². The summed E-state index contributed by atoms with van der Waals surface area (Å²) in [6.45, 7) is 8.01. The summed E-state index contributed by atoms with van der Waals surface area (Å²) in [6, 6.07) is 9.01. The van der Waals surface area contributed by atoms with Gasteiger partial charge in [-0.1, -0.05) is 0 Å². The molecule has 0 aliphatic rings. The van der Waals surface area contributed by atoms with Crippen molar-refractivity contribution in [2.45, 2.75) is 25.4 Å². The van der Waals surface area contributed by atoms with Crippen molar-refractivity contribution in [1.82, 2.24) is 0 Å². The topological polar surface area (TPSA) is 0 Å². The van der Waals surface area contributed by atoms with E-state index in [-0.39, 0.29) is 0 Å². The van der Waals surface area contributed by atoms with E-state index in [2.05, 4.69) is 68.4 Å². The van der Waals surface area contributed by atoms with Gasteiger partial charge in [0.25, 0.3) is 0 Å². The molecule has 1 rings (SSSR count). The van der Waals surface area contributed by atoms with E-state index >= 15 is 0 Å². The summed E-state index contributed by atoms with van der Waals surface area (Å²) in [7, 11) is 0. The molecule has 0 nitrogen and oxygen atoms in total. The number of rotatable bonds is 4. The standard InChI is InChI=1S/C16H22Ge/c1-6-8-9-15(7-2)17(4,5)16-12-10-14(3)11-13-16/h6-13H,1H2,2-5H3/b9-8-,15-7+. The first-order valence-electron chi connectivity index (χ1n) is 6.05. The van der Waals surface area contributed by atoms with Crippen molar-refractivity contribution in [1.29, 1.82) is 0 Å². The molecule has 1 aromatic carbocycles. The normalized spacial score (nSPS) is 13.1. The predicted molar refractivity (Wildman–Crippen MR) is 81.4 cm³/mol. The third kappa shape index (κ3) is 3.47. The van der Waals surface area contributed by atoms with Gasteiger partial charge in [0, 0.05) is 0 Å². The van der Waals surface area contributed by atoms with Crippen LogP contribution in [-0.4, -0.2) is 13.3 Å². The molecule has 0 N–H and O–H groups in total. The van der Waals surface area contributed by atoms with Crippen molar-refractivity contribution in [3.05, 3.63) is 65.1 Å². The molecule has 0 amide bonds. The SMILES string of the molecule is C=C/C=C\[C](=C/C)[Ge]([CH3])([CH3])[c]1ccc(C)cc1. The first-order chi connectivity index (χ1) is 8.02. The van der Waals surface area contributed by atoms with Gasteiger partial charge >= 0.3 is 108 Å². The molecule has 0 spiro atoms. The Balaban J connectivity index is 3.12. The van der Waals surface area contributed by atoms with Gasteiger partial charge in [0.1, 0.15) is 0 Å². The second-order valence-corrected chi connectivity index (χ2v) is 14.1. The third-order valence-corrected chi connectivity index (χ3v) is 10.9. The molecular formula is C16H22Ge. The van der Waals surface area contributed by atoms with Crippen molar-refractivity contribution >= 4 is 17.7 Å². The van der Waals surface area contributed by atoms with Crippen LogP contribution in [0.25, 0.3) is 0 Å². The zero-order chi connectivity index (χ0) is 12.9. The molecule has 0 aliphatic carbocycles. The number of hydrogen-bond acceptors (Lipinski definition) is 0. The van der Waals surface area contributed by atoms with Crippen molar-refractivity contribution < 1.29 is 0 Å².